The highest BCUT2D eigenvalue weighted by atomic mass is 16.5. The Bertz CT molecular complexity index is 1050. The number of anilines is 1. The number of hydrogen-bond acceptors (Lipinski definition) is 6. The fraction of sp³-hybridized carbons (Fsp3) is 0.320. The molecule has 1 aliphatic heterocycles. The lowest BCUT2D eigenvalue weighted by Crippen LogP contribution is -2.31. The van der Waals surface area contributed by atoms with Gasteiger partial charge in [0.2, 0.25) is 0 Å². The number of rotatable bonds is 7. The summed E-state index contributed by atoms with van der Waals surface area (Å²) < 4.78 is 5.81. The van der Waals surface area contributed by atoms with Gasteiger partial charge < -0.3 is 20.3 Å². The van der Waals surface area contributed by atoms with Crippen molar-refractivity contribution in [3.8, 4) is 16.9 Å². The highest BCUT2D eigenvalue weighted by molar-refractivity contribution is 5.95. The number of likely N-dealkylation sites (N-methyl/N-ethyl adjacent to an activating group) is 1. The third-order valence-electron chi connectivity index (χ3n) is 5.65. The number of pyridine rings is 2. The number of nitrogens with zero attached hydrogens (tertiary/aromatic N) is 4. The number of benzene rings is 1. The van der Waals surface area contributed by atoms with E-state index >= 15 is 0 Å². The molecule has 2 aromatic heterocycles. The third-order valence-corrected chi connectivity index (χ3v) is 5.65. The maximum atomic E-state index is 13.3. The van der Waals surface area contributed by atoms with Crippen molar-refractivity contribution in [2.24, 2.45) is 0 Å². The lowest BCUT2D eigenvalue weighted by molar-refractivity contribution is 0.0732. The molecule has 2 N–H and O–H groups in total. The van der Waals surface area contributed by atoms with Crippen LogP contribution < -0.4 is 10.5 Å². The van der Waals surface area contributed by atoms with E-state index in [-0.39, 0.29) is 11.9 Å². The minimum atomic E-state index is -0.0283. The van der Waals surface area contributed by atoms with Crippen LogP contribution in [0.5, 0.6) is 5.75 Å². The minimum Gasteiger partial charge on any atom is -0.492 e. The molecule has 1 saturated heterocycles. The Labute approximate surface area is 188 Å². The Hall–Kier alpha value is -3.45. The van der Waals surface area contributed by atoms with Crippen molar-refractivity contribution in [3.05, 3.63) is 72.2 Å². The summed E-state index contributed by atoms with van der Waals surface area (Å²) >= 11 is 0. The van der Waals surface area contributed by atoms with Crippen LogP contribution in [-0.4, -0.2) is 59.5 Å². The van der Waals surface area contributed by atoms with Gasteiger partial charge in [-0.2, -0.15) is 0 Å². The minimum absolute atomic E-state index is 0.0131. The average Bonchev–Trinajstić information content (AvgIpc) is 3.29. The molecule has 166 valence electrons. The predicted octanol–water partition coefficient (Wildman–Crippen LogP) is 3.64. The number of likely N-dealkylation sites (tertiary alicyclic amines) is 1. The molecule has 1 amide bonds. The van der Waals surface area contributed by atoms with Gasteiger partial charge >= 0.3 is 0 Å². The van der Waals surface area contributed by atoms with Gasteiger partial charge in [0.05, 0.1) is 11.7 Å². The van der Waals surface area contributed by atoms with Gasteiger partial charge in [0.1, 0.15) is 18.2 Å². The molecule has 1 atom stereocenters. The van der Waals surface area contributed by atoms with Crippen molar-refractivity contribution >= 4 is 11.7 Å². The molecule has 3 aromatic rings. The first-order valence-corrected chi connectivity index (χ1v) is 10.9. The summed E-state index contributed by atoms with van der Waals surface area (Å²) in [6.45, 7) is 2.12. The van der Waals surface area contributed by atoms with E-state index in [1.165, 1.54) is 0 Å². The number of carbonyl (C=O) groups is 1. The molecule has 3 heterocycles. The summed E-state index contributed by atoms with van der Waals surface area (Å²) in [4.78, 5) is 26.1. The summed E-state index contributed by atoms with van der Waals surface area (Å²) in [6, 6.07) is 15.1. The normalized spacial score (nSPS) is 15.8. The Balaban J connectivity index is 1.47. The first kappa shape index (κ1) is 21.8. The number of ether oxygens (including phenoxy) is 1. The Morgan fingerprint density at radius 3 is 2.59 bits per heavy atom. The second-order valence-electron chi connectivity index (χ2n) is 8.28. The van der Waals surface area contributed by atoms with Crippen LogP contribution in [0.3, 0.4) is 0 Å². The Kier molecular flexibility index (Phi) is 6.66. The molecule has 1 aromatic carbocycles. The van der Waals surface area contributed by atoms with Crippen LogP contribution in [-0.2, 0) is 0 Å². The van der Waals surface area contributed by atoms with Gasteiger partial charge in [-0.25, -0.2) is 4.98 Å². The zero-order valence-corrected chi connectivity index (χ0v) is 18.6. The molecular formula is C25H29N5O2. The van der Waals surface area contributed by atoms with Crippen LogP contribution in [0.15, 0.2) is 60.9 Å². The lowest BCUT2D eigenvalue weighted by atomic mass is 10.1. The van der Waals surface area contributed by atoms with E-state index < -0.39 is 0 Å². The van der Waals surface area contributed by atoms with Crippen LogP contribution in [0.4, 0.5) is 5.82 Å². The maximum Gasteiger partial charge on any atom is 0.254 e. The van der Waals surface area contributed by atoms with E-state index in [2.05, 4.69) is 14.9 Å². The highest BCUT2D eigenvalue weighted by Crippen LogP contribution is 2.33. The maximum absolute atomic E-state index is 13.3. The van der Waals surface area contributed by atoms with Crippen molar-refractivity contribution in [1.82, 2.24) is 19.8 Å². The second kappa shape index (κ2) is 9.78. The molecule has 32 heavy (non-hydrogen) atoms. The van der Waals surface area contributed by atoms with Crippen molar-refractivity contribution in [1.29, 1.82) is 0 Å². The molecule has 1 fully saturated rings. The first-order chi connectivity index (χ1) is 15.5. The van der Waals surface area contributed by atoms with E-state index in [0.717, 1.165) is 42.8 Å². The quantitative estimate of drug-likeness (QED) is 0.615. The lowest BCUT2D eigenvalue weighted by Gasteiger charge is -2.25. The zero-order valence-electron chi connectivity index (χ0n) is 18.6. The van der Waals surface area contributed by atoms with E-state index in [9.17, 15) is 4.79 Å². The van der Waals surface area contributed by atoms with Crippen molar-refractivity contribution in [3.63, 3.8) is 0 Å². The fourth-order valence-electron chi connectivity index (χ4n) is 3.90. The molecule has 7 heteroatoms. The van der Waals surface area contributed by atoms with Crippen molar-refractivity contribution in [2.45, 2.75) is 18.9 Å². The fourth-order valence-corrected chi connectivity index (χ4v) is 3.90. The Morgan fingerprint density at radius 1 is 1.12 bits per heavy atom. The number of nitrogen functional groups attached to an aromatic ring is 1. The summed E-state index contributed by atoms with van der Waals surface area (Å²) in [5, 5.41) is 0. The molecule has 4 rings (SSSR count). The van der Waals surface area contributed by atoms with Gasteiger partial charge in [0.25, 0.3) is 5.91 Å². The summed E-state index contributed by atoms with van der Waals surface area (Å²) in [6.07, 6.45) is 5.44. The van der Waals surface area contributed by atoms with E-state index in [0.29, 0.717) is 23.7 Å². The predicted molar refractivity (Wildman–Crippen MR) is 125 cm³/mol. The number of hydrogen-bond donors (Lipinski definition) is 1. The van der Waals surface area contributed by atoms with Crippen molar-refractivity contribution in [2.75, 3.05) is 39.5 Å². The van der Waals surface area contributed by atoms with Gasteiger partial charge in [0.15, 0.2) is 0 Å². The van der Waals surface area contributed by atoms with Crippen LogP contribution in [0.1, 0.15) is 34.9 Å². The molecular weight excluding hydrogens is 402 g/mol. The summed E-state index contributed by atoms with van der Waals surface area (Å²) in [5.74, 6) is 1.22. The summed E-state index contributed by atoms with van der Waals surface area (Å²) in [5.41, 5.74) is 9.15. The zero-order chi connectivity index (χ0) is 22.5. The third kappa shape index (κ3) is 5.06. The van der Waals surface area contributed by atoms with Gasteiger partial charge in [-0.3, -0.25) is 9.78 Å². The van der Waals surface area contributed by atoms with Gasteiger partial charge in [-0.15, -0.1) is 0 Å². The average molecular weight is 432 g/mol. The molecule has 0 radical (unpaired) electrons. The molecule has 0 saturated carbocycles. The van der Waals surface area contributed by atoms with Crippen LogP contribution in [0.2, 0.25) is 0 Å². The monoisotopic (exact) mass is 431 g/mol. The molecule has 0 spiro atoms. The topological polar surface area (TPSA) is 84.6 Å². The van der Waals surface area contributed by atoms with Crippen LogP contribution >= 0.6 is 0 Å². The van der Waals surface area contributed by atoms with Crippen molar-refractivity contribution < 1.29 is 9.53 Å². The largest absolute Gasteiger partial charge is 0.492 e. The molecule has 1 aliphatic rings. The molecule has 0 aliphatic carbocycles. The van der Waals surface area contributed by atoms with E-state index in [1.807, 2.05) is 67.7 Å². The second-order valence-corrected chi connectivity index (χ2v) is 8.28. The number of aromatic nitrogens is 2. The number of carbonyl (C=O) groups excluding carboxylic acids is 1. The Morgan fingerprint density at radius 2 is 1.91 bits per heavy atom. The van der Waals surface area contributed by atoms with E-state index in [4.69, 9.17) is 10.5 Å². The van der Waals surface area contributed by atoms with Gasteiger partial charge in [0, 0.05) is 42.2 Å². The first-order valence-electron chi connectivity index (χ1n) is 10.9. The highest BCUT2D eigenvalue weighted by Gasteiger charge is 2.31. The van der Waals surface area contributed by atoms with Crippen LogP contribution in [0, 0.1) is 0 Å². The van der Waals surface area contributed by atoms with Gasteiger partial charge in [-0.1, -0.05) is 12.1 Å². The SMILES string of the molecule is CN(C)CCOc1cccc(C(=O)N2CCCC2c2ccc(-c3ccc(N)nc3)cn2)c1. The summed E-state index contributed by atoms with van der Waals surface area (Å²) in [7, 11) is 4.01. The number of amides is 1. The van der Waals surface area contributed by atoms with Gasteiger partial charge in [-0.05, 0) is 63.3 Å². The smallest absolute Gasteiger partial charge is 0.254 e. The standard InChI is InChI=1S/C25H29N5O2/c1-29(2)13-14-32-21-6-3-5-18(15-21)25(31)30-12-4-7-23(30)22-10-8-19(16-27-22)20-9-11-24(26)28-17-20/h3,5-6,8-11,15-17,23H,4,7,12-14H2,1-2H3,(H2,26,28). The molecule has 1 unspecified atom stereocenters. The molecule has 0 bridgehead atoms. The number of nitrogens with two attached hydrogens (primary N) is 1. The van der Waals surface area contributed by atoms with Crippen LogP contribution in [0.25, 0.3) is 11.1 Å². The molecule has 7 nitrogen and oxygen atoms in total. The van der Waals surface area contributed by atoms with E-state index in [1.54, 1.807) is 12.3 Å².